The van der Waals surface area contributed by atoms with E-state index >= 15 is 0 Å². The summed E-state index contributed by atoms with van der Waals surface area (Å²) in [6.45, 7) is 6.53. The molecular formula is C13H21NS. The Morgan fingerprint density at radius 2 is 1.60 bits per heavy atom. The third kappa shape index (κ3) is 2.76. The van der Waals surface area contributed by atoms with Crippen molar-refractivity contribution in [3.05, 3.63) is 34.4 Å². The summed E-state index contributed by atoms with van der Waals surface area (Å²) in [6.07, 6.45) is 0. The molecule has 1 unspecified atom stereocenters. The number of aryl methyl sites for hydroxylation is 3. The Labute approximate surface area is 98.9 Å². The molecule has 0 N–H and O–H groups in total. The molecule has 0 bridgehead atoms. The largest absolute Gasteiger partial charge is 0.302 e. The summed E-state index contributed by atoms with van der Waals surface area (Å²) in [6, 6.07) is 4.92. The standard InChI is InChI=1S/C13H21NS/c1-9-6-10(2)13(11(3)7-9)12(8-15)14(4)5/h6-7,12,15H,8H2,1-5H3. The smallest absolute Gasteiger partial charge is 0.0435 e. The molecule has 0 heterocycles. The number of rotatable bonds is 3. The van der Waals surface area contributed by atoms with Gasteiger partial charge in [0.25, 0.3) is 0 Å². The van der Waals surface area contributed by atoms with Gasteiger partial charge in [0, 0.05) is 11.8 Å². The zero-order valence-electron chi connectivity index (χ0n) is 10.3. The second-order valence-corrected chi connectivity index (χ2v) is 4.84. The minimum Gasteiger partial charge on any atom is -0.302 e. The molecule has 0 amide bonds. The van der Waals surface area contributed by atoms with Gasteiger partial charge >= 0.3 is 0 Å². The number of nitrogens with zero attached hydrogens (tertiary/aromatic N) is 1. The Balaban J connectivity index is 3.23. The van der Waals surface area contributed by atoms with Gasteiger partial charge in [-0.05, 0) is 51.6 Å². The maximum Gasteiger partial charge on any atom is 0.0435 e. The summed E-state index contributed by atoms with van der Waals surface area (Å²) in [4.78, 5) is 2.23. The lowest BCUT2D eigenvalue weighted by atomic mass is 9.94. The molecule has 84 valence electrons. The summed E-state index contributed by atoms with van der Waals surface area (Å²) in [7, 11) is 4.22. The van der Waals surface area contributed by atoms with Crippen molar-refractivity contribution in [2.75, 3.05) is 19.8 Å². The van der Waals surface area contributed by atoms with Crippen LogP contribution in [0.3, 0.4) is 0 Å². The lowest BCUT2D eigenvalue weighted by molar-refractivity contribution is 0.324. The van der Waals surface area contributed by atoms with E-state index in [-0.39, 0.29) is 0 Å². The lowest BCUT2D eigenvalue weighted by Crippen LogP contribution is -2.23. The fraction of sp³-hybridized carbons (Fsp3) is 0.538. The van der Waals surface area contributed by atoms with Crippen molar-refractivity contribution in [2.24, 2.45) is 0 Å². The van der Waals surface area contributed by atoms with Crippen LogP contribution in [0.4, 0.5) is 0 Å². The van der Waals surface area contributed by atoms with Gasteiger partial charge in [-0.1, -0.05) is 17.7 Å². The molecule has 0 saturated heterocycles. The van der Waals surface area contributed by atoms with Crippen LogP contribution in [0.5, 0.6) is 0 Å². The number of hydrogen-bond acceptors (Lipinski definition) is 2. The first kappa shape index (κ1) is 12.6. The van der Waals surface area contributed by atoms with Crippen LogP contribution < -0.4 is 0 Å². The van der Waals surface area contributed by atoms with Crippen LogP contribution >= 0.6 is 12.6 Å². The van der Waals surface area contributed by atoms with Crippen molar-refractivity contribution >= 4 is 12.6 Å². The van der Waals surface area contributed by atoms with Crippen molar-refractivity contribution in [3.63, 3.8) is 0 Å². The van der Waals surface area contributed by atoms with Crippen LogP contribution in [-0.4, -0.2) is 24.7 Å². The summed E-state index contributed by atoms with van der Waals surface area (Å²) >= 11 is 4.45. The Bertz CT molecular complexity index is 321. The number of hydrogen-bond donors (Lipinski definition) is 1. The van der Waals surface area contributed by atoms with Crippen molar-refractivity contribution in [1.82, 2.24) is 4.90 Å². The summed E-state index contributed by atoms with van der Waals surface area (Å²) in [5.41, 5.74) is 5.52. The van der Waals surface area contributed by atoms with Crippen LogP contribution in [0.25, 0.3) is 0 Å². The van der Waals surface area contributed by atoms with Gasteiger partial charge in [-0.25, -0.2) is 0 Å². The number of benzene rings is 1. The molecule has 15 heavy (non-hydrogen) atoms. The summed E-state index contributed by atoms with van der Waals surface area (Å²) in [5.74, 6) is 0.859. The highest BCUT2D eigenvalue weighted by atomic mass is 32.1. The molecule has 2 heteroatoms. The van der Waals surface area contributed by atoms with Crippen LogP contribution in [0, 0.1) is 20.8 Å². The zero-order chi connectivity index (χ0) is 11.6. The quantitative estimate of drug-likeness (QED) is 0.771. The van der Waals surface area contributed by atoms with Gasteiger partial charge in [0.05, 0.1) is 0 Å². The average Bonchev–Trinajstić information content (AvgIpc) is 2.09. The molecule has 1 nitrogen and oxygen atoms in total. The van der Waals surface area contributed by atoms with E-state index in [4.69, 9.17) is 0 Å². The molecule has 1 atom stereocenters. The SMILES string of the molecule is Cc1cc(C)c(C(CS)N(C)C)c(C)c1. The Kier molecular flexibility index (Phi) is 4.23. The first-order chi connectivity index (χ1) is 6.97. The molecule has 0 aliphatic heterocycles. The minimum atomic E-state index is 0.411. The van der Waals surface area contributed by atoms with Crippen molar-refractivity contribution in [1.29, 1.82) is 0 Å². The molecule has 0 radical (unpaired) electrons. The van der Waals surface area contributed by atoms with E-state index in [1.807, 2.05) is 0 Å². The third-order valence-electron chi connectivity index (χ3n) is 2.87. The molecule has 0 aromatic heterocycles. The average molecular weight is 223 g/mol. The molecule has 0 saturated carbocycles. The highest BCUT2D eigenvalue weighted by Crippen LogP contribution is 2.27. The minimum absolute atomic E-state index is 0.411. The van der Waals surface area contributed by atoms with Gasteiger partial charge in [-0.3, -0.25) is 0 Å². The van der Waals surface area contributed by atoms with Gasteiger partial charge in [-0.2, -0.15) is 12.6 Å². The molecule has 1 rings (SSSR count). The van der Waals surface area contributed by atoms with Crippen LogP contribution in [0.1, 0.15) is 28.3 Å². The first-order valence-corrected chi connectivity index (χ1v) is 5.95. The van der Waals surface area contributed by atoms with E-state index in [9.17, 15) is 0 Å². The van der Waals surface area contributed by atoms with Crippen molar-refractivity contribution < 1.29 is 0 Å². The maximum atomic E-state index is 4.45. The molecule has 1 aromatic carbocycles. The van der Waals surface area contributed by atoms with E-state index in [1.165, 1.54) is 22.3 Å². The van der Waals surface area contributed by atoms with E-state index in [2.05, 4.69) is 64.5 Å². The molecular weight excluding hydrogens is 202 g/mol. The van der Waals surface area contributed by atoms with Gasteiger partial charge in [0.2, 0.25) is 0 Å². The van der Waals surface area contributed by atoms with Crippen LogP contribution in [-0.2, 0) is 0 Å². The fourth-order valence-corrected chi connectivity index (χ4v) is 2.74. The van der Waals surface area contributed by atoms with E-state index in [0.717, 1.165) is 5.75 Å². The maximum absolute atomic E-state index is 4.45. The zero-order valence-corrected chi connectivity index (χ0v) is 11.2. The molecule has 0 spiro atoms. The predicted octanol–water partition coefficient (Wildman–Crippen LogP) is 3.14. The van der Waals surface area contributed by atoms with E-state index in [1.54, 1.807) is 0 Å². The van der Waals surface area contributed by atoms with Gasteiger partial charge in [0.15, 0.2) is 0 Å². The second-order valence-electron chi connectivity index (χ2n) is 4.47. The molecule has 0 aliphatic carbocycles. The van der Waals surface area contributed by atoms with E-state index < -0.39 is 0 Å². The second kappa shape index (κ2) is 5.04. The van der Waals surface area contributed by atoms with Gasteiger partial charge < -0.3 is 4.90 Å². The van der Waals surface area contributed by atoms with Crippen molar-refractivity contribution in [2.45, 2.75) is 26.8 Å². The monoisotopic (exact) mass is 223 g/mol. The summed E-state index contributed by atoms with van der Waals surface area (Å²) < 4.78 is 0. The fourth-order valence-electron chi connectivity index (χ4n) is 2.23. The van der Waals surface area contributed by atoms with Crippen molar-refractivity contribution in [3.8, 4) is 0 Å². The Morgan fingerprint density at radius 3 is 1.93 bits per heavy atom. The number of thiol groups is 1. The third-order valence-corrected chi connectivity index (χ3v) is 3.21. The summed E-state index contributed by atoms with van der Waals surface area (Å²) in [5, 5.41) is 0. The lowest BCUT2D eigenvalue weighted by Gasteiger charge is -2.26. The topological polar surface area (TPSA) is 3.24 Å². The highest BCUT2D eigenvalue weighted by Gasteiger charge is 2.16. The van der Waals surface area contributed by atoms with E-state index in [0.29, 0.717) is 6.04 Å². The molecule has 0 fully saturated rings. The molecule has 0 aliphatic rings. The van der Waals surface area contributed by atoms with Gasteiger partial charge in [-0.15, -0.1) is 0 Å². The predicted molar refractivity (Wildman–Crippen MR) is 70.9 cm³/mol. The Hall–Kier alpha value is -0.470. The normalized spacial score (nSPS) is 13.3. The van der Waals surface area contributed by atoms with Gasteiger partial charge in [0.1, 0.15) is 0 Å². The first-order valence-electron chi connectivity index (χ1n) is 5.32. The van der Waals surface area contributed by atoms with Crippen LogP contribution in [0.2, 0.25) is 0 Å². The highest BCUT2D eigenvalue weighted by molar-refractivity contribution is 7.80. The van der Waals surface area contributed by atoms with Crippen LogP contribution in [0.15, 0.2) is 12.1 Å². The molecule has 1 aromatic rings. The Morgan fingerprint density at radius 1 is 1.13 bits per heavy atom.